The minimum Gasteiger partial charge on any atom is -0.504 e. The molecule has 5 heteroatoms. The zero-order valence-corrected chi connectivity index (χ0v) is 14.2. The van der Waals surface area contributed by atoms with E-state index in [9.17, 15) is 15.0 Å². The number of hydrogen-bond donors (Lipinski definition) is 2. The predicted octanol–water partition coefficient (Wildman–Crippen LogP) is 1.53. The van der Waals surface area contributed by atoms with Crippen LogP contribution in [0, 0.1) is 5.92 Å². The Bertz CT molecular complexity index is 803. The van der Waals surface area contributed by atoms with Crippen LogP contribution in [0.1, 0.15) is 43.2 Å². The van der Waals surface area contributed by atoms with E-state index in [4.69, 9.17) is 4.74 Å². The van der Waals surface area contributed by atoms with E-state index in [1.807, 2.05) is 6.07 Å². The first kappa shape index (κ1) is 14.6. The maximum Gasteiger partial charge on any atom is 0.174 e. The molecule has 2 aliphatic heterocycles. The highest BCUT2D eigenvalue weighted by Gasteiger charge is 2.73. The highest BCUT2D eigenvalue weighted by Crippen LogP contribution is 2.64. The number of piperidine rings is 1. The van der Waals surface area contributed by atoms with Gasteiger partial charge in [0.15, 0.2) is 23.4 Å². The first-order valence-corrected chi connectivity index (χ1v) is 9.56. The van der Waals surface area contributed by atoms with Gasteiger partial charge in [0.25, 0.3) is 0 Å². The summed E-state index contributed by atoms with van der Waals surface area (Å²) < 4.78 is 6.04. The molecule has 0 radical (unpaired) electrons. The molecule has 2 bridgehead atoms. The van der Waals surface area contributed by atoms with E-state index in [2.05, 4.69) is 4.90 Å². The van der Waals surface area contributed by atoms with E-state index >= 15 is 0 Å². The summed E-state index contributed by atoms with van der Waals surface area (Å²) in [6, 6.07) is 3.69. The summed E-state index contributed by atoms with van der Waals surface area (Å²) in [5.74, 6) is 1.39. The molecule has 0 amide bonds. The summed E-state index contributed by atoms with van der Waals surface area (Å²) in [5, 5.41) is 22.3. The maximum atomic E-state index is 12.7. The lowest BCUT2D eigenvalue weighted by Crippen LogP contribution is -2.76. The Hall–Kier alpha value is -1.59. The molecule has 1 aromatic carbocycles. The number of nitrogens with zero attached hydrogens (tertiary/aromatic N) is 1. The summed E-state index contributed by atoms with van der Waals surface area (Å²) >= 11 is 0. The first-order chi connectivity index (χ1) is 12.0. The van der Waals surface area contributed by atoms with Crippen LogP contribution in [-0.2, 0) is 16.6 Å². The van der Waals surface area contributed by atoms with Crippen LogP contribution in [0.2, 0.25) is 0 Å². The van der Waals surface area contributed by atoms with Crippen LogP contribution in [0.15, 0.2) is 12.1 Å². The number of Topliss-reactive ketones (excluding diaryl/α,β-unsaturated/α-hetero) is 1. The van der Waals surface area contributed by atoms with Gasteiger partial charge >= 0.3 is 0 Å². The number of phenols is 1. The van der Waals surface area contributed by atoms with Crippen LogP contribution in [0.5, 0.6) is 11.5 Å². The Kier molecular flexibility index (Phi) is 2.55. The molecule has 5 aliphatic rings. The zero-order chi connectivity index (χ0) is 17.0. The molecule has 25 heavy (non-hydrogen) atoms. The average molecular weight is 341 g/mol. The minimum atomic E-state index is -0.940. The summed E-state index contributed by atoms with van der Waals surface area (Å²) in [6.45, 7) is 1.95. The van der Waals surface area contributed by atoms with Crippen LogP contribution in [0.4, 0.5) is 0 Å². The average Bonchev–Trinajstić information content (AvgIpc) is 3.32. The number of ether oxygens (including phenoxy) is 1. The number of carbonyl (C=O) groups is 1. The molecule has 4 atom stereocenters. The highest BCUT2D eigenvalue weighted by molar-refractivity contribution is 5.90. The third-order valence-corrected chi connectivity index (χ3v) is 7.56. The molecule has 0 aromatic heterocycles. The minimum absolute atomic E-state index is 0.0454. The van der Waals surface area contributed by atoms with Gasteiger partial charge in [0.1, 0.15) is 0 Å². The van der Waals surface area contributed by atoms with Gasteiger partial charge in [-0.15, -0.1) is 0 Å². The smallest absolute Gasteiger partial charge is 0.174 e. The van der Waals surface area contributed by atoms with Gasteiger partial charge < -0.3 is 14.9 Å². The number of likely N-dealkylation sites (tertiary alicyclic amines) is 1. The molecular formula is C20H23NO4. The van der Waals surface area contributed by atoms with E-state index in [0.717, 1.165) is 43.0 Å². The van der Waals surface area contributed by atoms with Crippen LogP contribution in [0.25, 0.3) is 0 Å². The van der Waals surface area contributed by atoms with Gasteiger partial charge in [-0.2, -0.15) is 0 Å². The molecule has 3 aliphatic carbocycles. The largest absolute Gasteiger partial charge is 0.504 e. The van der Waals surface area contributed by atoms with Crippen molar-refractivity contribution in [1.29, 1.82) is 0 Å². The van der Waals surface area contributed by atoms with E-state index < -0.39 is 17.1 Å². The lowest BCUT2D eigenvalue weighted by Gasteiger charge is -2.62. The van der Waals surface area contributed by atoms with Gasteiger partial charge in [0.2, 0.25) is 0 Å². The van der Waals surface area contributed by atoms with Crippen molar-refractivity contribution in [2.24, 2.45) is 5.92 Å². The quantitative estimate of drug-likeness (QED) is 0.854. The highest BCUT2D eigenvalue weighted by atomic mass is 16.5. The Labute approximate surface area is 146 Å². The summed E-state index contributed by atoms with van der Waals surface area (Å²) in [7, 11) is 0. The van der Waals surface area contributed by atoms with Gasteiger partial charge in [-0.1, -0.05) is 6.07 Å². The third kappa shape index (κ3) is 1.56. The monoisotopic (exact) mass is 341 g/mol. The number of hydrogen-bond acceptors (Lipinski definition) is 5. The van der Waals surface area contributed by atoms with E-state index in [-0.39, 0.29) is 17.6 Å². The number of rotatable bonds is 2. The number of aromatic hydroxyl groups is 1. The summed E-state index contributed by atoms with van der Waals surface area (Å²) in [5.41, 5.74) is 0.454. The van der Waals surface area contributed by atoms with E-state index in [1.54, 1.807) is 6.07 Å². The van der Waals surface area contributed by atoms with Crippen molar-refractivity contribution in [3.8, 4) is 11.5 Å². The van der Waals surface area contributed by atoms with Crippen molar-refractivity contribution in [3.63, 3.8) is 0 Å². The lowest BCUT2D eigenvalue weighted by atomic mass is 9.49. The normalized spacial score (nSPS) is 41.4. The van der Waals surface area contributed by atoms with Crippen molar-refractivity contribution in [1.82, 2.24) is 4.90 Å². The second-order valence-corrected chi connectivity index (χ2v) is 8.72. The van der Waals surface area contributed by atoms with Crippen molar-refractivity contribution >= 4 is 5.78 Å². The van der Waals surface area contributed by atoms with Crippen LogP contribution in [0.3, 0.4) is 0 Å². The number of carbonyl (C=O) groups excluding carboxylic acids is 1. The third-order valence-electron chi connectivity index (χ3n) is 7.56. The predicted molar refractivity (Wildman–Crippen MR) is 89.8 cm³/mol. The number of ketones is 1. The molecule has 2 N–H and O–H groups in total. The Balaban J connectivity index is 1.58. The van der Waals surface area contributed by atoms with Crippen molar-refractivity contribution in [3.05, 3.63) is 23.3 Å². The fourth-order valence-electron chi connectivity index (χ4n) is 6.26. The van der Waals surface area contributed by atoms with Gasteiger partial charge in [0.05, 0.1) is 11.0 Å². The fourth-order valence-corrected chi connectivity index (χ4v) is 6.26. The molecule has 2 heterocycles. The van der Waals surface area contributed by atoms with Gasteiger partial charge in [-0.3, -0.25) is 9.69 Å². The van der Waals surface area contributed by atoms with Crippen molar-refractivity contribution in [2.75, 3.05) is 13.1 Å². The molecular weight excluding hydrogens is 318 g/mol. The number of phenolic OH excluding ortho intramolecular Hbond substituents is 1. The summed E-state index contributed by atoms with van der Waals surface area (Å²) in [6.07, 6.45) is 4.33. The topological polar surface area (TPSA) is 70.0 Å². The lowest BCUT2D eigenvalue weighted by molar-refractivity contribution is -0.188. The van der Waals surface area contributed by atoms with Crippen LogP contribution >= 0.6 is 0 Å². The molecule has 3 fully saturated rings. The second kappa shape index (κ2) is 4.38. The van der Waals surface area contributed by atoms with Gasteiger partial charge in [0, 0.05) is 24.6 Å². The Morgan fingerprint density at radius 3 is 2.92 bits per heavy atom. The number of aliphatic hydroxyl groups is 1. The standard InChI is InChI=1S/C20H23NO4/c22-13-4-3-12-9-15-20(24)6-5-14(23)18-19(20,16(12)17(13)25-18)7-8-21(15)10-11-1-2-11/h3-4,11,15,18,22,24H,1-2,5-10H2/t15-,18+,19-,20-/m1/s1. The van der Waals surface area contributed by atoms with Crippen molar-refractivity contribution < 1.29 is 19.7 Å². The molecule has 1 spiro atoms. The first-order valence-electron chi connectivity index (χ1n) is 9.56. The van der Waals surface area contributed by atoms with E-state index in [0.29, 0.717) is 18.6 Å². The molecule has 0 unspecified atom stereocenters. The van der Waals surface area contributed by atoms with E-state index in [1.165, 1.54) is 12.8 Å². The zero-order valence-electron chi connectivity index (χ0n) is 14.2. The maximum absolute atomic E-state index is 12.7. The SMILES string of the molecule is O=C1CC[C@@]2(O)[C@H]3Cc4ccc(O)c5c4[C@]2(CCN3CC2CC2)[C@H]1O5. The molecule has 1 aromatic rings. The molecule has 5 nitrogen and oxygen atoms in total. The Morgan fingerprint density at radius 2 is 2.12 bits per heavy atom. The van der Waals surface area contributed by atoms with Crippen molar-refractivity contribution in [2.45, 2.75) is 61.7 Å². The van der Waals surface area contributed by atoms with Crippen LogP contribution < -0.4 is 4.74 Å². The number of benzene rings is 1. The molecule has 1 saturated heterocycles. The second-order valence-electron chi connectivity index (χ2n) is 8.72. The molecule has 132 valence electrons. The van der Waals surface area contributed by atoms with Gasteiger partial charge in [-0.05, 0) is 56.2 Å². The fraction of sp³-hybridized carbons (Fsp3) is 0.650. The Morgan fingerprint density at radius 1 is 1.28 bits per heavy atom. The van der Waals surface area contributed by atoms with Gasteiger partial charge in [-0.25, -0.2) is 0 Å². The summed E-state index contributed by atoms with van der Waals surface area (Å²) in [4.78, 5) is 15.2. The molecule has 6 rings (SSSR count). The van der Waals surface area contributed by atoms with Crippen LogP contribution in [-0.4, -0.2) is 51.7 Å². The molecule has 2 saturated carbocycles.